The third kappa shape index (κ3) is 8.18. The number of hydrogen-bond donors (Lipinski definition) is 4. The minimum Gasteiger partial charge on any atom is -0.356 e. The van der Waals surface area contributed by atoms with Crippen molar-refractivity contribution >= 4 is 40.3 Å². The lowest BCUT2D eigenvalue weighted by molar-refractivity contribution is -0.141. The molecule has 3 atom stereocenters. The summed E-state index contributed by atoms with van der Waals surface area (Å²) in [6.45, 7) is 0.492. The molecule has 1 aromatic carbocycles. The van der Waals surface area contributed by atoms with Crippen LogP contribution in [0.25, 0.3) is 10.9 Å². The Morgan fingerprint density at radius 3 is 2.26 bits per heavy atom. The Hall–Kier alpha value is -3.82. The van der Waals surface area contributed by atoms with Crippen molar-refractivity contribution in [1.29, 1.82) is 0 Å². The van der Waals surface area contributed by atoms with E-state index in [0.29, 0.717) is 24.9 Å². The molecule has 0 radical (unpaired) electrons. The molecule has 2 aromatic rings. The molecule has 5 rings (SSSR count). The zero-order valence-electron chi connectivity index (χ0n) is 24.7. The van der Waals surface area contributed by atoms with Crippen molar-refractivity contribution in [2.45, 2.75) is 102 Å². The number of pyridine rings is 1. The maximum Gasteiger partial charge on any atom is 0.289 e. The van der Waals surface area contributed by atoms with Crippen LogP contribution in [-0.4, -0.2) is 59.1 Å². The van der Waals surface area contributed by atoms with Crippen molar-refractivity contribution in [2.24, 2.45) is 11.8 Å². The molecule has 1 saturated heterocycles. The number of Topliss-reactive ketones (excluding diaryl/α,β-unsaturated/α-hetero) is 1. The predicted molar refractivity (Wildman–Crippen MR) is 162 cm³/mol. The van der Waals surface area contributed by atoms with E-state index in [1.807, 2.05) is 30.3 Å². The second-order valence-electron chi connectivity index (χ2n) is 12.4. The Bertz CT molecular complexity index is 1330. The van der Waals surface area contributed by atoms with E-state index in [4.69, 9.17) is 0 Å². The number of nitrogens with zero attached hydrogens (tertiary/aromatic N) is 1. The standard InChI is InChI=1S/C33H43N5O5/c39-29(33(43)35-24-12-5-2-6-13-24)27(20-23-17-18-34-30(23)40)37-32(42)28(19-21-9-3-1-4-10-21)38-31(41)26-16-15-22-11-7-8-14-25(22)36-26/h7-8,11,14-16,21,23-24,27-28H,1-6,9-10,12-13,17-20H2,(H,34,40)(H,35,43)(H,37,42)(H,38,41)/t23-,27-,28-/m0/s1. The van der Waals surface area contributed by atoms with Gasteiger partial charge in [0, 0.05) is 23.9 Å². The molecule has 2 saturated carbocycles. The fraction of sp³-hybridized carbons (Fsp3) is 0.576. The van der Waals surface area contributed by atoms with Crippen LogP contribution in [0, 0.1) is 11.8 Å². The van der Waals surface area contributed by atoms with Crippen molar-refractivity contribution in [1.82, 2.24) is 26.3 Å². The van der Waals surface area contributed by atoms with Gasteiger partial charge in [-0.25, -0.2) is 4.98 Å². The highest BCUT2D eigenvalue weighted by molar-refractivity contribution is 6.38. The van der Waals surface area contributed by atoms with Gasteiger partial charge < -0.3 is 21.3 Å². The average Bonchev–Trinajstić information content (AvgIpc) is 3.44. The molecule has 4 amide bonds. The first-order chi connectivity index (χ1) is 20.9. The number of benzene rings is 1. The number of para-hydroxylation sites is 1. The van der Waals surface area contributed by atoms with Crippen LogP contribution in [0.3, 0.4) is 0 Å². The first-order valence-corrected chi connectivity index (χ1v) is 16.0. The molecular formula is C33H43N5O5. The Labute approximate surface area is 252 Å². The van der Waals surface area contributed by atoms with Crippen LogP contribution in [0.4, 0.5) is 0 Å². The van der Waals surface area contributed by atoms with Crippen LogP contribution in [0.1, 0.15) is 94.0 Å². The van der Waals surface area contributed by atoms with Crippen molar-refractivity contribution < 1.29 is 24.0 Å². The van der Waals surface area contributed by atoms with Crippen molar-refractivity contribution in [2.75, 3.05) is 6.54 Å². The lowest BCUT2D eigenvalue weighted by Gasteiger charge is -2.28. The van der Waals surface area contributed by atoms with Gasteiger partial charge in [-0.05, 0) is 50.2 Å². The summed E-state index contributed by atoms with van der Waals surface area (Å²) >= 11 is 0. The molecule has 1 aromatic heterocycles. The number of carbonyl (C=O) groups is 5. The highest BCUT2D eigenvalue weighted by Gasteiger charge is 2.37. The third-order valence-corrected chi connectivity index (χ3v) is 9.23. The summed E-state index contributed by atoms with van der Waals surface area (Å²) in [4.78, 5) is 70.6. The molecule has 4 N–H and O–H groups in total. The Morgan fingerprint density at radius 1 is 0.814 bits per heavy atom. The highest BCUT2D eigenvalue weighted by Crippen LogP contribution is 2.28. The summed E-state index contributed by atoms with van der Waals surface area (Å²) < 4.78 is 0. The van der Waals surface area contributed by atoms with Crippen LogP contribution in [0.2, 0.25) is 0 Å². The molecule has 2 heterocycles. The highest BCUT2D eigenvalue weighted by atomic mass is 16.2. The maximum absolute atomic E-state index is 13.8. The number of rotatable bonds is 11. The van der Waals surface area contributed by atoms with Gasteiger partial charge in [0.1, 0.15) is 11.7 Å². The normalized spacial score (nSPS) is 21.0. The summed E-state index contributed by atoms with van der Waals surface area (Å²) in [6, 6.07) is 8.78. The Morgan fingerprint density at radius 2 is 1.53 bits per heavy atom. The summed E-state index contributed by atoms with van der Waals surface area (Å²) in [5.74, 6) is -2.91. The van der Waals surface area contributed by atoms with Crippen molar-refractivity contribution in [3.8, 4) is 0 Å². The topological polar surface area (TPSA) is 146 Å². The lowest BCUT2D eigenvalue weighted by Crippen LogP contribution is -2.55. The summed E-state index contributed by atoms with van der Waals surface area (Å²) in [5.41, 5.74) is 0.871. The zero-order chi connectivity index (χ0) is 30.2. The van der Waals surface area contributed by atoms with E-state index < -0.39 is 41.5 Å². The molecule has 3 fully saturated rings. The zero-order valence-corrected chi connectivity index (χ0v) is 24.7. The molecule has 43 heavy (non-hydrogen) atoms. The molecule has 0 unspecified atom stereocenters. The summed E-state index contributed by atoms with van der Waals surface area (Å²) in [6.07, 6.45) is 10.9. The first kappa shape index (κ1) is 30.6. The van der Waals surface area contributed by atoms with E-state index >= 15 is 0 Å². The molecule has 0 spiro atoms. The number of nitrogens with one attached hydrogen (secondary N) is 4. The second-order valence-corrected chi connectivity index (χ2v) is 12.4. The fourth-order valence-electron chi connectivity index (χ4n) is 6.73. The smallest absolute Gasteiger partial charge is 0.289 e. The van der Waals surface area contributed by atoms with E-state index in [1.165, 1.54) is 0 Å². The molecule has 10 heteroatoms. The minimum absolute atomic E-state index is 0.0326. The van der Waals surface area contributed by atoms with Gasteiger partial charge in [0.25, 0.3) is 11.8 Å². The molecule has 2 aliphatic carbocycles. The number of aromatic nitrogens is 1. The predicted octanol–water partition coefficient (Wildman–Crippen LogP) is 3.33. The lowest BCUT2D eigenvalue weighted by atomic mass is 9.84. The van der Waals surface area contributed by atoms with Crippen LogP contribution < -0.4 is 21.3 Å². The van der Waals surface area contributed by atoms with E-state index in [9.17, 15) is 24.0 Å². The monoisotopic (exact) mass is 589 g/mol. The number of fused-ring (bicyclic) bond motifs is 1. The van der Waals surface area contributed by atoms with E-state index in [1.54, 1.807) is 6.07 Å². The Balaban J connectivity index is 1.33. The van der Waals surface area contributed by atoms with E-state index in [-0.39, 0.29) is 30.0 Å². The molecular weight excluding hydrogens is 546 g/mol. The largest absolute Gasteiger partial charge is 0.356 e. The van der Waals surface area contributed by atoms with Gasteiger partial charge in [-0.3, -0.25) is 24.0 Å². The van der Waals surface area contributed by atoms with Gasteiger partial charge in [-0.1, -0.05) is 75.6 Å². The van der Waals surface area contributed by atoms with Gasteiger partial charge in [0.2, 0.25) is 17.6 Å². The summed E-state index contributed by atoms with van der Waals surface area (Å²) in [5, 5.41) is 12.2. The average molecular weight is 590 g/mol. The molecule has 10 nitrogen and oxygen atoms in total. The molecule has 230 valence electrons. The number of amides is 4. The van der Waals surface area contributed by atoms with Gasteiger partial charge in [0.05, 0.1) is 11.6 Å². The van der Waals surface area contributed by atoms with E-state index in [0.717, 1.165) is 69.6 Å². The molecule has 3 aliphatic rings. The van der Waals surface area contributed by atoms with Crippen LogP contribution in [0.5, 0.6) is 0 Å². The Kier molecular flexibility index (Phi) is 10.4. The summed E-state index contributed by atoms with van der Waals surface area (Å²) in [7, 11) is 0. The third-order valence-electron chi connectivity index (χ3n) is 9.23. The van der Waals surface area contributed by atoms with E-state index in [2.05, 4.69) is 26.3 Å². The number of hydrogen-bond acceptors (Lipinski definition) is 6. The van der Waals surface area contributed by atoms with Crippen LogP contribution in [-0.2, 0) is 19.2 Å². The van der Waals surface area contributed by atoms with Gasteiger partial charge >= 0.3 is 0 Å². The van der Waals surface area contributed by atoms with Gasteiger partial charge in [0.15, 0.2) is 0 Å². The number of carbonyl (C=O) groups excluding carboxylic acids is 5. The molecule has 1 aliphatic heterocycles. The second kappa shape index (κ2) is 14.6. The SMILES string of the molecule is O=C(NC1CCCCC1)C(=O)[C@H](C[C@@H]1CCNC1=O)NC(=O)[C@H](CC1CCCCC1)NC(=O)c1ccc2ccccc2n1. The van der Waals surface area contributed by atoms with Crippen LogP contribution in [0.15, 0.2) is 36.4 Å². The first-order valence-electron chi connectivity index (χ1n) is 16.0. The van der Waals surface area contributed by atoms with Crippen LogP contribution >= 0.6 is 0 Å². The maximum atomic E-state index is 13.8. The van der Waals surface area contributed by atoms with Gasteiger partial charge in [-0.15, -0.1) is 0 Å². The van der Waals surface area contributed by atoms with Crippen molar-refractivity contribution in [3.05, 3.63) is 42.1 Å². The minimum atomic E-state index is -1.17. The van der Waals surface area contributed by atoms with Crippen molar-refractivity contribution in [3.63, 3.8) is 0 Å². The number of ketones is 1. The fourth-order valence-corrected chi connectivity index (χ4v) is 6.73. The van der Waals surface area contributed by atoms with Gasteiger partial charge in [-0.2, -0.15) is 0 Å². The molecule has 0 bridgehead atoms. The quantitative estimate of drug-likeness (QED) is 0.296.